The van der Waals surface area contributed by atoms with Crippen LogP contribution in [0, 0.1) is 5.92 Å². The van der Waals surface area contributed by atoms with Crippen molar-refractivity contribution < 1.29 is 23.8 Å². The van der Waals surface area contributed by atoms with E-state index in [9.17, 15) is 9.59 Å². The second kappa shape index (κ2) is 10.0. The quantitative estimate of drug-likeness (QED) is 0.664. The zero-order chi connectivity index (χ0) is 19.8. The van der Waals surface area contributed by atoms with Gasteiger partial charge in [0, 0.05) is 18.7 Å². The lowest BCUT2D eigenvalue weighted by Crippen LogP contribution is -2.39. The number of nitrogens with one attached hydrogen (secondary N) is 1. The predicted molar refractivity (Wildman–Crippen MR) is 101 cm³/mol. The highest BCUT2D eigenvalue weighted by atomic mass is 16.5. The molecule has 1 saturated heterocycles. The summed E-state index contributed by atoms with van der Waals surface area (Å²) in [5.74, 6) is 0.863. The molecule has 1 aromatic carbocycles. The van der Waals surface area contributed by atoms with Crippen LogP contribution in [0.1, 0.15) is 29.6 Å². The molecule has 150 valence electrons. The fourth-order valence-corrected chi connectivity index (χ4v) is 3.24. The van der Waals surface area contributed by atoms with Gasteiger partial charge >= 0.3 is 0 Å². The van der Waals surface area contributed by atoms with Crippen LogP contribution in [0.15, 0.2) is 12.1 Å². The van der Waals surface area contributed by atoms with Crippen LogP contribution in [0.5, 0.6) is 17.2 Å². The summed E-state index contributed by atoms with van der Waals surface area (Å²) in [6.07, 6.45) is 3.13. The Morgan fingerprint density at radius 2 is 1.78 bits per heavy atom. The zero-order valence-corrected chi connectivity index (χ0v) is 16.2. The smallest absolute Gasteiger partial charge is 0.255 e. The minimum absolute atomic E-state index is 0.0693. The van der Waals surface area contributed by atoms with Gasteiger partial charge in [-0.3, -0.25) is 9.59 Å². The number of nitrogens with two attached hydrogens (primary N) is 1. The van der Waals surface area contributed by atoms with Crippen molar-refractivity contribution >= 4 is 11.8 Å². The molecular formula is C19H29N3O5. The van der Waals surface area contributed by atoms with Crippen LogP contribution in [0.4, 0.5) is 0 Å². The first-order valence-corrected chi connectivity index (χ1v) is 9.11. The molecule has 0 atom stereocenters. The van der Waals surface area contributed by atoms with Crippen LogP contribution in [-0.4, -0.2) is 64.2 Å². The number of benzene rings is 1. The van der Waals surface area contributed by atoms with Crippen molar-refractivity contribution in [2.24, 2.45) is 11.7 Å². The number of methoxy groups -OCH3 is 2. The topological polar surface area (TPSA) is 103 Å². The van der Waals surface area contributed by atoms with E-state index in [-0.39, 0.29) is 18.3 Å². The zero-order valence-electron chi connectivity index (χ0n) is 16.2. The molecule has 27 heavy (non-hydrogen) atoms. The summed E-state index contributed by atoms with van der Waals surface area (Å²) < 4.78 is 16.0. The molecule has 0 bridgehead atoms. The SMILES string of the molecule is CNCCC1CCN(C(=O)c2cc(OC)c(OCC(N)=O)c(OC)c2)CC1. The number of hydrogen-bond acceptors (Lipinski definition) is 6. The summed E-state index contributed by atoms with van der Waals surface area (Å²) in [6, 6.07) is 3.21. The van der Waals surface area contributed by atoms with E-state index < -0.39 is 5.91 Å². The average Bonchev–Trinajstić information content (AvgIpc) is 2.69. The third-order valence-electron chi connectivity index (χ3n) is 4.77. The molecule has 2 amide bonds. The molecule has 2 rings (SSSR count). The van der Waals surface area contributed by atoms with Gasteiger partial charge in [0.15, 0.2) is 18.1 Å². The standard InChI is InChI=1S/C19H29N3O5/c1-21-7-4-13-5-8-22(9-6-13)19(24)14-10-15(25-2)18(16(11-14)26-3)27-12-17(20)23/h10-11,13,21H,4-9,12H2,1-3H3,(H2,20,23). The van der Waals surface area contributed by atoms with Crippen molar-refractivity contribution in [1.29, 1.82) is 0 Å². The molecule has 0 spiro atoms. The summed E-state index contributed by atoms with van der Waals surface area (Å²) in [7, 11) is 4.89. The number of rotatable bonds is 9. The summed E-state index contributed by atoms with van der Waals surface area (Å²) in [5, 5.41) is 3.17. The van der Waals surface area contributed by atoms with E-state index in [1.807, 2.05) is 11.9 Å². The number of likely N-dealkylation sites (tertiary alicyclic amines) is 1. The lowest BCUT2D eigenvalue weighted by molar-refractivity contribution is -0.120. The van der Waals surface area contributed by atoms with E-state index in [0.717, 1.165) is 38.9 Å². The van der Waals surface area contributed by atoms with E-state index in [4.69, 9.17) is 19.9 Å². The van der Waals surface area contributed by atoms with Crippen LogP contribution in [0.3, 0.4) is 0 Å². The molecule has 1 aliphatic rings. The molecule has 0 radical (unpaired) electrons. The molecule has 1 fully saturated rings. The number of ether oxygens (including phenoxy) is 3. The number of piperidine rings is 1. The average molecular weight is 379 g/mol. The Balaban J connectivity index is 2.13. The van der Waals surface area contributed by atoms with Crippen molar-refractivity contribution in [2.75, 3.05) is 47.5 Å². The van der Waals surface area contributed by atoms with Crippen molar-refractivity contribution in [3.63, 3.8) is 0 Å². The summed E-state index contributed by atoms with van der Waals surface area (Å²) in [4.78, 5) is 25.8. The van der Waals surface area contributed by atoms with E-state index in [1.54, 1.807) is 12.1 Å². The number of amides is 2. The lowest BCUT2D eigenvalue weighted by atomic mass is 9.93. The largest absolute Gasteiger partial charge is 0.493 e. The molecule has 0 saturated carbocycles. The Kier molecular flexibility index (Phi) is 7.72. The monoisotopic (exact) mass is 379 g/mol. The molecule has 8 nitrogen and oxygen atoms in total. The minimum Gasteiger partial charge on any atom is -0.493 e. The van der Waals surface area contributed by atoms with E-state index in [2.05, 4.69) is 5.32 Å². The third kappa shape index (κ3) is 5.50. The highest BCUT2D eigenvalue weighted by Gasteiger charge is 2.25. The van der Waals surface area contributed by atoms with Gasteiger partial charge in [0.1, 0.15) is 0 Å². The normalized spacial score (nSPS) is 14.7. The number of primary amides is 1. The van der Waals surface area contributed by atoms with Gasteiger partial charge in [-0.1, -0.05) is 0 Å². The predicted octanol–water partition coefficient (Wildman–Crippen LogP) is 1.03. The van der Waals surface area contributed by atoms with E-state index in [0.29, 0.717) is 23.0 Å². The lowest BCUT2D eigenvalue weighted by Gasteiger charge is -2.32. The number of carbonyl (C=O) groups is 2. The van der Waals surface area contributed by atoms with Crippen LogP contribution in [0.2, 0.25) is 0 Å². The highest BCUT2D eigenvalue weighted by molar-refractivity contribution is 5.95. The first-order valence-electron chi connectivity index (χ1n) is 9.11. The summed E-state index contributed by atoms with van der Waals surface area (Å²) in [5.41, 5.74) is 5.59. The van der Waals surface area contributed by atoms with Crippen LogP contribution in [-0.2, 0) is 4.79 Å². The molecule has 8 heteroatoms. The van der Waals surface area contributed by atoms with Gasteiger partial charge in [-0.2, -0.15) is 0 Å². The van der Waals surface area contributed by atoms with Crippen molar-refractivity contribution in [2.45, 2.75) is 19.3 Å². The van der Waals surface area contributed by atoms with Gasteiger partial charge in [-0.05, 0) is 50.9 Å². The molecule has 0 unspecified atom stereocenters. The van der Waals surface area contributed by atoms with E-state index >= 15 is 0 Å². The Labute approximate surface area is 159 Å². The first-order chi connectivity index (χ1) is 13.0. The molecule has 1 aliphatic heterocycles. The van der Waals surface area contributed by atoms with Crippen LogP contribution >= 0.6 is 0 Å². The Hall–Kier alpha value is -2.48. The molecule has 0 aliphatic carbocycles. The maximum Gasteiger partial charge on any atom is 0.255 e. The summed E-state index contributed by atoms with van der Waals surface area (Å²) >= 11 is 0. The fraction of sp³-hybridized carbons (Fsp3) is 0.579. The second-order valence-electron chi connectivity index (χ2n) is 6.59. The van der Waals surface area contributed by atoms with Gasteiger partial charge in [0.2, 0.25) is 5.75 Å². The Morgan fingerprint density at radius 3 is 2.26 bits per heavy atom. The molecule has 1 heterocycles. The van der Waals surface area contributed by atoms with Gasteiger partial charge in [-0.15, -0.1) is 0 Å². The fourth-order valence-electron chi connectivity index (χ4n) is 3.24. The second-order valence-corrected chi connectivity index (χ2v) is 6.59. The molecule has 1 aromatic rings. The van der Waals surface area contributed by atoms with Gasteiger partial charge in [0.05, 0.1) is 14.2 Å². The van der Waals surface area contributed by atoms with Gasteiger partial charge in [0.25, 0.3) is 11.8 Å². The highest BCUT2D eigenvalue weighted by Crippen LogP contribution is 2.39. The maximum atomic E-state index is 12.9. The van der Waals surface area contributed by atoms with Crippen molar-refractivity contribution in [3.05, 3.63) is 17.7 Å². The van der Waals surface area contributed by atoms with Crippen LogP contribution < -0.4 is 25.3 Å². The van der Waals surface area contributed by atoms with Crippen molar-refractivity contribution in [3.8, 4) is 17.2 Å². The maximum absolute atomic E-state index is 12.9. The Morgan fingerprint density at radius 1 is 1.19 bits per heavy atom. The van der Waals surface area contributed by atoms with Crippen LogP contribution in [0.25, 0.3) is 0 Å². The van der Waals surface area contributed by atoms with Gasteiger partial charge < -0.3 is 30.2 Å². The van der Waals surface area contributed by atoms with Gasteiger partial charge in [-0.25, -0.2) is 0 Å². The summed E-state index contributed by atoms with van der Waals surface area (Å²) in [6.45, 7) is 2.16. The molecular weight excluding hydrogens is 350 g/mol. The van der Waals surface area contributed by atoms with Crippen molar-refractivity contribution in [1.82, 2.24) is 10.2 Å². The minimum atomic E-state index is -0.611. The van der Waals surface area contributed by atoms with E-state index in [1.165, 1.54) is 14.2 Å². The molecule has 3 N–H and O–H groups in total. The number of nitrogens with zero attached hydrogens (tertiary/aromatic N) is 1. The Bertz CT molecular complexity index is 632. The number of carbonyl (C=O) groups excluding carboxylic acids is 2. The molecule has 0 aromatic heterocycles. The first kappa shape index (κ1) is 20.8. The number of hydrogen-bond donors (Lipinski definition) is 2. The third-order valence-corrected chi connectivity index (χ3v) is 4.77.